The van der Waals surface area contributed by atoms with E-state index in [-0.39, 0.29) is 28.8 Å². The molecule has 4 heterocycles. The number of aliphatic hydroxyl groups is 1. The molecule has 3 aliphatic rings. The topological polar surface area (TPSA) is 94.0 Å². The van der Waals surface area contributed by atoms with E-state index in [9.17, 15) is 19.8 Å². The summed E-state index contributed by atoms with van der Waals surface area (Å²) in [5.41, 5.74) is 0.971. The Balaban J connectivity index is 1.31. The van der Waals surface area contributed by atoms with Crippen molar-refractivity contribution >= 4 is 61.9 Å². The number of amides is 1. The third-order valence-electron chi connectivity index (χ3n) is 6.06. The summed E-state index contributed by atoms with van der Waals surface area (Å²) in [6.45, 7) is 5.07. The fourth-order valence-corrected chi connectivity index (χ4v) is 7.20. The molecule has 7 nitrogen and oxygen atoms in total. The molecule has 0 saturated carbocycles. The average molecular weight is 466 g/mol. The molecular formula is C20H20ClN3O4S2. The minimum atomic E-state index is -1.08. The molecule has 0 spiro atoms. The third-order valence-corrected chi connectivity index (χ3v) is 8.84. The van der Waals surface area contributed by atoms with Gasteiger partial charge in [-0.1, -0.05) is 29.9 Å². The molecule has 30 heavy (non-hydrogen) atoms. The number of benzene rings is 1. The van der Waals surface area contributed by atoms with Crippen molar-refractivity contribution in [2.45, 2.75) is 31.2 Å². The largest absolute Gasteiger partial charge is 0.477 e. The van der Waals surface area contributed by atoms with E-state index < -0.39 is 18.0 Å². The minimum absolute atomic E-state index is 0.0903. The summed E-state index contributed by atoms with van der Waals surface area (Å²) < 4.78 is 1.08. The number of carbonyl (C=O) groups excluding carboxylic acids is 1. The van der Waals surface area contributed by atoms with Crippen molar-refractivity contribution in [1.29, 1.82) is 0 Å². The standard InChI is InChI=1S/C20H20ClN3O4S2/c1-8-15-14(9(2)25)18(26)24(15)16(19(27)28)17(8)29-11-6-23(7-11)20-22-12-5-10(21)3-4-13(12)30-20/h3-5,8-9,11,14-15,25H,6-7H2,1-2H3,(H,27,28)/t8-,9-,14-,15-/m1/s1. The smallest absolute Gasteiger partial charge is 0.353 e. The van der Waals surface area contributed by atoms with Crippen LogP contribution in [0.2, 0.25) is 5.02 Å². The summed E-state index contributed by atoms with van der Waals surface area (Å²) in [6, 6.07) is 5.41. The van der Waals surface area contributed by atoms with Gasteiger partial charge in [0, 0.05) is 34.2 Å². The van der Waals surface area contributed by atoms with Crippen LogP contribution in [0.25, 0.3) is 10.2 Å². The lowest BCUT2D eigenvalue weighted by molar-refractivity contribution is -0.163. The molecule has 2 fully saturated rings. The summed E-state index contributed by atoms with van der Waals surface area (Å²) in [6.07, 6.45) is -0.785. The van der Waals surface area contributed by atoms with E-state index in [0.717, 1.165) is 33.3 Å². The van der Waals surface area contributed by atoms with E-state index in [1.807, 2.05) is 25.1 Å². The highest BCUT2D eigenvalue weighted by Gasteiger charge is 2.60. The molecule has 1 amide bonds. The highest BCUT2D eigenvalue weighted by Crippen LogP contribution is 2.52. The van der Waals surface area contributed by atoms with Crippen LogP contribution in [0.4, 0.5) is 5.13 Å². The quantitative estimate of drug-likeness (QED) is 0.655. The fraction of sp³-hybridized carbons (Fsp3) is 0.450. The van der Waals surface area contributed by atoms with Crippen molar-refractivity contribution in [3.05, 3.63) is 33.8 Å². The second kappa shape index (κ2) is 7.12. The Morgan fingerprint density at radius 2 is 2.13 bits per heavy atom. The molecule has 1 aromatic heterocycles. The second-order valence-electron chi connectivity index (χ2n) is 8.03. The molecule has 3 aliphatic heterocycles. The van der Waals surface area contributed by atoms with Gasteiger partial charge in [-0.25, -0.2) is 9.78 Å². The number of thiazole rings is 1. The molecule has 2 aromatic rings. The maximum Gasteiger partial charge on any atom is 0.353 e. The number of hydrogen-bond acceptors (Lipinski definition) is 7. The van der Waals surface area contributed by atoms with E-state index in [1.54, 1.807) is 30.0 Å². The lowest BCUT2D eigenvalue weighted by Gasteiger charge is -2.46. The zero-order chi connectivity index (χ0) is 21.3. The Labute approximate surface area is 186 Å². The van der Waals surface area contributed by atoms with E-state index >= 15 is 0 Å². The number of carboxylic acids is 1. The SMILES string of the molecule is C[C@@H](O)[C@H]1C(=O)N2C(C(=O)O)=C(SC3CN(c4nc5cc(Cl)ccc5s4)C3)[C@H](C)[C@H]12. The number of thioether (sulfide) groups is 1. The first-order valence-corrected chi connectivity index (χ1v) is 11.8. The van der Waals surface area contributed by atoms with Crippen molar-refractivity contribution in [2.24, 2.45) is 11.8 Å². The molecule has 0 aliphatic carbocycles. The number of carboxylic acid groups (broad SMARTS) is 1. The fourth-order valence-electron chi connectivity index (χ4n) is 4.55. The van der Waals surface area contributed by atoms with Crippen LogP contribution in [0.5, 0.6) is 0 Å². The van der Waals surface area contributed by atoms with Gasteiger partial charge < -0.3 is 20.0 Å². The number of aliphatic hydroxyl groups excluding tert-OH is 1. The van der Waals surface area contributed by atoms with Crippen molar-refractivity contribution < 1.29 is 19.8 Å². The predicted octanol–water partition coefficient (Wildman–Crippen LogP) is 3.03. The molecule has 10 heteroatoms. The van der Waals surface area contributed by atoms with Crippen LogP contribution in [0, 0.1) is 11.8 Å². The van der Waals surface area contributed by atoms with Gasteiger partial charge >= 0.3 is 5.97 Å². The number of β-lactam (4-membered cyclic amide) rings is 1. The number of aliphatic carboxylic acids is 1. The van der Waals surface area contributed by atoms with Gasteiger partial charge in [-0.05, 0) is 25.1 Å². The van der Waals surface area contributed by atoms with Gasteiger partial charge in [-0.15, -0.1) is 11.8 Å². The van der Waals surface area contributed by atoms with Crippen LogP contribution in [-0.4, -0.2) is 62.5 Å². The third kappa shape index (κ3) is 2.94. The Bertz CT molecular complexity index is 1090. The number of aromatic nitrogens is 1. The highest BCUT2D eigenvalue weighted by atomic mass is 35.5. The first-order chi connectivity index (χ1) is 14.3. The predicted molar refractivity (Wildman–Crippen MR) is 118 cm³/mol. The summed E-state index contributed by atoms with van der Waals surface area (Å²) in [7, 11) is 0. The van der Waals surface area contributed by atoms with E-state index in [1.165, 1.54) is 4.90 Å². The number of carbonyl (C=O) groups is 2. The number of rotatable bonds is 5. The Morgan fingerprint density at radius 3 is 2.80 bits per heavy atom. The molecule has 2 saturated heterocycles. The number of hydrogen-bond donors (Lipinski definition) is 2. The minimum Gasteiger partial charge on any atom is -0.477 e. The highest BCUT2D eigenvalue weighted by molar-refractivity contribution is 8.03. The van der Waals surface area contributed by atoms with Crippen LogP contribution >= 0.6 is 34.7 Å². The molecule has 2 N–H and O–H groups in total. The second-order valence-corrected chi connectivity index (χ2v) is 10.8. The number of halogens is 1. The van der Waals surface area contributed by atoms with Crippen molar-refractivity contribution in [3.8, 4) is 0 Å². The number of fused-ring (bicyclic) bond motifs is 2. The summed E-state index contributed by atoms with van der Waals surface area (Å²) in [5, 5.41) is 21.5. The van der Waals surface area contributed by atoms with Crippen LogP contribution in [-0.2, 0) is 9.59 Å². The molecule has 0 unspecified atom stereocenters. The van der Waals surface area contributed by atoms with Gasteiger partial charge in [0.2, 0.25) is 5.91 Å². The molecule has 4 atom stereocenters. The zero-order valence-electron chi connectivity index (χ0n) is 16.3. The van der Waals surface area contributed by atoms with Gasteiger partial charge in [-0.2, -0.15) is 0 Å². The summed E-state index contributed by atoms with van der Waals surface area (Å²) in [4.78, 5) is 33.3. The Morgan fingerprint density at radius 1 is 1.40 bits per heavy atom. The molecule has 0 radical (unpaired) electrons. The Kier molecular flexibility index (Phi) is 4.77. The lowest BCUT2D eigenvalue weighted by atomic mass is 9.79. The van der Waals surface area contributed by atoms with Gasteiger partial charge in [0.15, 0.2) is 5.13 Å². The van der Waals surface area contributed by atoms with Crippen LogP contribution < -0.4 is 4.90 Å². The normalized spacial score (nSPS) is 27.3. The van der Waals surface area contributed by atoms with E-state index in [2.05, 4.69) is 9.88 Å². The first-order valence-electron chi connectivity index (χ1n) is 9.72. The molecular weight excluding hydrogens is 446 g/mol. The molecule has 1 aromatic carbocycles. The Hall–Kier alpha value is -1.81. The monoisotopic (exact) mass is 465 g/mol. The number of nitrogens with zero attached hydrogens (tertiary/aromatic N) is 3. The lowest BCUT2D eigenvalue weighted by Crippen LogP contribution is -2.63. The zero-order valence-corrected chi connectivity index (χ0v) is 18.7. The molecule has 5 rings (SSSR count). The van der Waals surface area contributed by atoms with Crippen LogP contribution in [0.1, 0.15) is 13.8 Å². The van der Waals surface area contributed by atoms with E-state index in [4.69, 9.17) is 11.6 Å². The maximum atomic E-state index is 12.4. The van der Waals surface area contributed by atoms with E-state index in [0.29, 0.717) is 5.02 Å². The number of anilines is 1. The van der Waals surface area contributed by atoms with Crippen molar-refractivity contribution in [3.63, 3.8) is 0 Å². The van der Waals surface area contributed by atoms with Gasteiger partial charge in [-0.3, -0.25) is 4.79 Å². The summed E-state index contributed by atoms with van der Waals surface area (Å²) >= 11 is 9.21. The van der Waals surface area contributed by atoms with Gasteiger partial charge in [0.25, 0.3) is 0 Å². The molecule has 0 bridgehead atoms. The van der Waals surface area contributed by atoms with Gasteiger partial charge in [0.05, 0.1) is 28.3 Å². The van der Waals surface area contributed by atoms with Crippen LogP contribution in [0.15, 0.2) is 28.8 Å². The molecule has 158 valence electrons. The van der Waals surface area contributed by atoms with Crippen molar-refractivity contribution in [2.75, 3.05) is 18.0 Å². The average Bonchev–Trinajstić information content (AvgIpc) is 3.14. The van der Waals surface area contributed by atoms with Crippen LogP contribution in [0.3, 0.4) is 0 Å². The maximum absolute atomic E-state index is 12.4. The first kappa shape index (κ1) is 20.1. The van der Waals surface area contributed by atoms with Gasteiger partial charge in [0.1, 0.15) is 5.70 Å². The summed E-state index contributed by atoms with van der Waals surface area (Å²) in [5.74, 6) is -2.00. The van der Waals surface area contributed by atoms with Crippen molar-refractivity contribution in [1.82, 2.24) is 9.88 Å².